The van der Waals surface area contributed by atoms with E-state index in [1.807, 2.05) is 31.2 Å². The molecule has 0 heterocycles. The van der Waals surface area contributed by atoms with Crippen LogP contribution in [-0.4, -0.2) is 61.8 Å². The fourth-order valence-electron chi connectivity index (χ4n) is 3.85. The first-order valence-corrected chi connectivity index (χ1v) is 11.8. The standard InChI is InChI=1S/C23H36O6S/c1-16-9-11-17(12-10-16)29-14-23(2,28)15-30-22-18(19(24)13-20(22)25)7-5-3-4-6-8-21(26)27/h9-12,18-20,22,24-25,28H,3-8,13-15H2,1-2H3,(H,26,27)/t18-,19?,20?,22+,23?/m0/s1. The number of benzene rings is 1. The lowest BCUT2D eigenvalue weighted by atomic mass is 9.97. The second kappa shape index (κ2) is 11.9. The van der Waals surface area contributed by atoms with Crippen molar-refractivity contribution in [3.8, 4) is 5.75 Å². The van der Waals surface area contributed by atoms with Gasteiger partial charge in [-0.3, -0.25) is 4.79 Å². The zero-order chi connectivity index (χ0) is 22.1. The summed E-state index contributed by atoms with van der Waals surface area (Å²) in [4.78, 5) is 10.6. The molecule has 7 heteroatoms. The van der Waals surface area contributed by atoms with Gasteiger partial charge >= 0.3 is 5.97 Å². The van der Waals surface area contributed by atoms with Crippen LogP contribution in [0, 0.1) is 12.8 Å². The van der Waals surface area contributed by atoms with Gasteiger partial charge in [-0.05, 0) is 44.7 Å². The van der Waals surface area contributed by atoms with Gasteiger partial charge in [-0.1, -0.05) is 37.0 Å². The molecule has 5 atom stereocenters. The molecule has 0 spiro atoms. The van der Waals surface area contributed by atoms with Gasteiger partial charge in [-0.15, -0.1) is 0 Å². The van der Waals surface area contributed by atoms with E-state index in [-0.39, 0.29) is 24.2 Å². The molecule has 1 aliphatic carbocycles. The summed E-state index contributed by atoms with van der Waals surface area (Å²) in [5.41, 5.74) is 0.0934. The lowest BCUT2D eigenvalue weighted by Crippen LogP contribution is -2.37. The minimum absolute atomic E-state index is 0.0155. The maximum absolute atomic E-state index is 10.7. The molecule has 170 valence electrons. The Labute approximate surface area is 183 Å². The van der Waals surface area contributed by atoms with E-state index >= 15 is 0 Å². The number of carbonyl (C=O) groups is 1. The van der Waals surface area contributed by atoms with Crippen LogP contribution in [0.25, 0.3) is 0 Å². The molecule has 2 rings (SSSR count). The molecule has 4 N–H and O–H groups in total. The van der Waals surface area contributed by atoms with Gasteiger partial charge in [0.2, 0.25) is 0 Å². The number of carboxylic acid groups (broad SMARTS) is 1. The van der Waals surface area contributed by atoms with Gasteiger partial charge in [-0.2, -0.15) is 11.8 Å². The average molecular weight is 441 g/mol. The summed E-state index contributed by atoms with van der Waals surface area (Å²) in [7, 11) is 0. The molecule has 30 heavy (non-hydrogen) atoms. The summed E-state index contributed by atoms with van der Waals surface area (Å²) in [5.74, 6) is 0.336. The van der Waals surface area contributed by atoms with Gasteiger partial charge in [0.15, 0.2) is 0 Å². The predicted octanol–water partition coefficient (Wildman–Crippen LogP) is 3.39. The Morgan fingerprint density at radius 3 is 2.47 bits per heavy atom. The molecule has 0 amide bonds. The molecule has 1 saturated carbocycles. The van der Waals surface area contributed by atoms with E-state index in [9.17, 15) is 20.1 Å². The summed E-state index contributed by atoms with van der Waals surface area (Å²) < 4.78 is 5.72. The number of aliphatic carboxylic acids is 1. The van der Waals surface area contributed by atoms with Crippen LogP contribution in [0.5, 0.6) is 5.75 Å². The number of aryl methyl sites for hydroxylation is 1. The van der Waals surface area contributed by atoms with E-state index in [0.717, 1.165) is 31.2 Å². The van der Waals surface area contributed by atoms with E-state index in [1.165, 1.54) is 11.8 Å². The van der Waals surface area contributed by atoms with Crippen molar-refractivity contribution in [1.82, 2.24) is 0 Å². The fourth-order valence-corrected chi connectivity index (χ4v) is 5.39. The quantitative estimate of drug-likeness (QED) is 0.348. The van der Waals surface area contributed by atoms with Gasteiger partial charge in [-0.25, -0.2) is 0 Å². The molecule has 0 aliphatic heterocycles. The van der Waals surface area contributed by atoms with Crippen molar-refractivity contribution in [3.05, 3.63) is 29.8 Å². The highest BCUT2D eigenvalue weighted by Crippen LogP contribution is 2.40. The average Bonchev–Trinajstić information content (AvgIpc) is 2.95. The minimum atomic E-state index is -1.05. The van der Waals surface area contributed by atoms with Crippen LogP contribution in [0.4, 0.5) is 0 Å². The Kier molecular flexibility index (Phi) is 9.94. The van der Waals surface area contributed by atoms with E-state index in [1.54, 1.807) is 6.92 Å². The smallest absolute Gasteiger partial charge is 0.303 e. The molecule has 1 aromatic rings. The normalized spacial score (nSPS) is 25.8. The Balaban J connectivity index is 1.77. The highest BCUT2D eigenvalue weighted by Gasteiger charge is 2.42. The monoisotopic (exact) mass is 440 g/mol. The number of aliphatic hydroxyl groups is 3. The van der Waals surface area contributed by atoms with E-state index in [4.69, 9.17) is 9.84 Å². The fraction of sp³-hybridized carbons (Fsp3) is 0.696. The first kappa shape index (κ1) is 25.0. The Hall–Kier alpha value is -1.28. The number of rotatable bonds is 13. The van der Waals surface area contributed by atoms with Crippen molar-refractivity contribution in [2.75, 3.05) is 12.4 Å². The maximum Gasteiger partial charge on any atom is 0.303 e. The zero-order valence-electron chi connectivity index (χ0n) is 18.0. The number of hydrogen-bond acceptors (Lipinski definition) is 6. The lowest BCUT2D eigenvalue weighted by molar-refractivity contribution is -0.137. The van der Waals surface area contributed by atoms with Crippen molar-refractivity contribution in [2.45, 2.75) is 81.9 Å². The van der Waals surface area contributed by atoms with Crippen LogP contribution in [-0.2, 0) is 4.79 Å². The van der Waals surface area contributed by atoms with Crippen LogP contribution in [0.3, 0.4) is 0 Å². The highest BCUT2D eigenvalue weighted by molar-refractivity contribution is 8.00. The number of unbranched alkanes of at least 4 members (excludes halogenated alkanes) is 3. The summed E-state index contributed by atoms with van der Waals surface area (Å²) in [6.07, 6.45) is 3.59. The molecule has 0 bridgehead atoms. The third kappa shape index (κ3) is 8.46. The van der Waals surface area contributed by atoms with Gasteiger partial charge in [0.05, 0.1) is 12.2 Å². The molecule has 0 saturated heterocycles. The van der Waals surface area contributed by atoms with Crippen molar-refractivity contribution < 1.29 is 30.0 Å². The number of carboxylic acids is 1. The minimum Gasteiger partial charge on any atom is -0.491 e. The summed E-state index contributed by atoms with van der Waals surface area (Å²) in [5, 5.41) is 40.0. The number of aliphatic hydroxyl groups excluding tert-OH is 2. The highest BCUT2D eigenvalue weighted by atomic mass is 32.2. The second-order valence-electron chi connectivity index (χ2n) is 8.76. The predicted molar refractivity (Wildman–Crippen MR) is 119 cm³/mol. The van der Waals surface area contributed by atoms with Crippen molar-refractivity contribution >= 4 is 17.7 Å². The van der Waals surface area contributed by atoms with Crippen molar-refractivity contribution in [2.24, 2.45) is 5.92 Å². The third-order valence-corrected chi connectivity index (χ3v) is 7.45. The van der Waals surface area contributed by atoms with E-state index in [2.05, 4.69) is 0 Å². The Bertz CT molecular complexity index is 648. The van der Waals surface area contributed by atoms with Gasteiger partial charge in [0, 0.05) is 23.8 Å². The third-order valence-electron chi connectivity index (χ3n) is 5.61. The van der Waals surface area contributed by atoms with E-state index in [0.29, 0.717) is 24.3 Å². The molecule has 1 aliphatic rings. The molecule has 1 fully saturated rings. The first-order chi connectivity index (χ1) is 14.2. The second-order valence-corrected chi connectivity index (χ2v) is 9.92. The Morgan fingerprint density at radius 1 is 1.13 bits per heavy atom. The Morgan fingerprint density at radius 2 is 1.80 bits per heavy atom. The molecular formula is C23H36O6S. The zero-order valence-corrected chi connectivity index (χ0v) is 18.8. The van der Waals surface area contributed by atoms with Crippen LogP contribution in [0.15, 0.2) is 24.3 Å². The lowest BCUT2D eigenvalue weighted by Gasteiger charge is -2.28. The summed E-state index contributed by atoms with van der Waals surface area (Å²) in [6, 6.07) is 7.67. The molecule has 3 unspecified atom stereocenters. The van der Waals surface area contributed by atoms with Gasteiger partial charge < -0.3 is 25.2 Å². The summed E-state index contributed by atoms with van der Waals surface area (Å²) in [6.45, 7) is 3.89. The molecule has 1 aromatic carbocycles. The SMILES string of the molecule is Cc1ccc(OCC(C)(O)CS[C@H]2C(O)CC(O)[C@@H]2CCCCCCC(=O)O)cc1. The number of ether oxygens (including phenoxy) is 1. The van der Waals surface area contributed by atoms with Gasteiger partial charge in [0.1, 0.15) is 18.0 Å². The largest absolute Gasteiger partial charge is 0.491 e. The topological polar surface area (TPSA) is 107 Å². The number of thioether (sulfide) groups is 1. The van der Waals surface area contributed by atoms with Crippen LogP contribution in [0.2, 0.25) is 0 Å². The van der Waals surface area contributed by atoms with Crippen LogP contribution in [0.1, 0.15) is 57.4 Å². The molecule has 0 aromatic heterocycles. The summed E-state index contributed by atoms with van der Waals surface area (Å²) >= 11 is 1.50. The first-order valence-electron chi connectivity index (χ1n) is 10.8. The molecular weight excluding hydrogens is 404 g/mol. The van der Waals surface area contributed by atoms with Crippen molar-refractivity contribution in [1.29, 1.82) is 0 Å². The van der Waals surface area contributed by atoms with Crippen LogP contribution >= 0.6 is 11.8 Å². The van der Waals surface area contributed by atoms with Crippen molar-refractivity contribution in [3.63, 3.8) is 0 Å². The maximum atomic E-state index is 10.7. The van der Waals surface area contributed by atoms with Gasteiger partial charge in [0.25, 0.3) is 0 Å². The molecule has 0 radical (unpaired) electrons. The van der Waals surface area contributed by atoms with Crippen LogP contribution < -0.4 is 4.74 Å². The number of hydrogen-bond donors (Lipinski definition) is 4. The molecule has 6 nitrogen and oxygen atoms in total. The van der Waals surface area contributed by atoms with E-state index < -0.39 is 23.8 Å².